The van der Waals surface area contributed by atoms with E-state index in [0.717, 1.165) is 29.7 Å². The Kier molecular flexibility index (Phi) is 9.28. The van der Waals surface area contributed by atoms with E-state index in [0.29, 0.717) is 18.2 Å². The molecule has 0 radical (unpaired) electrons. The number of hydrogen-bond acceptors (Lipinski definition) is 7. The highest BCUT2D eigenvalue weighted by Gasteiger charge is 2.09. The van der Waals surface area contributed by atoms with Crippen molar-refractivity contribution in [1.82, 2.24) is 10.2 Å². The van der Waals surface area contributed by atoms with Crippen LogP contribution in [0.1, 0.15) is 26.2 Å². The predicted molar refractivity (Wildman–Crippen MR) is 114 cm³/mol. The Morgan fingerprint density at radius 2 is 2.28 bits per heavy atom. The normalized spacial score (nSPS) is 23.4. The van der Waals surface area contributed by atoms with Gasteiger partial charge in [0.15, 0.2) is 0 Å². The molecule has 1 fully saturated rings. The monoisotopic (exact) mass is 426 g/mol. The number of aliphatic imine (C=N–C) groups is 3. The highest BCUT2D eigenvalue weighted by molar-refractivity contribution is 9.11. The van der Waals surface area contributed by atoms with E-state index < -0.39 is 0 Å². The van der Waals surface area contributed by atoms with Crippen molar-refractivity contribution in [2.24, 2.45) is 20.7 Å². The number of rotatable bonds is 6. The van der Waals surface area contributed by atoms with E-state index in [2.05, 4.69) is 48.0 Å². The van der Waals surface area contributed by atoms with Crippen molar-refractivity contribution in [1.29, 1.82) is 0 Å². The van der Waals surface area contributed by atoms with E-state index in [-0.39, 0.29) is 0 Å². The maximum atomic E-state index is 5.70. The minimum Gasteiger partial charge on any atom is -0.403 e. The van der Waals surface area contributed by atoms with Crippen LogP contribution in [0.2, 0.25) is 0 Å². The van der Waals surface area contributed by atoms with Crippen molar-refractivity contribution in [3.63, 3.8) is 0 Å². The van der Waals surface area contributed by atoms with Crippen molar-refractivity contribution >= 4 is 46.1 Å². The molecule has 0 unspecified atom stereocenters. The van der Waals surface area contributed by atoms with Crippen LogP contribution in [0.15, 0.2) is 36.3 Å². The molecule has 0 saturated carbocycles. The van der Waals surface area contributed by atoms with Gasteiger partial charge in [-0.15, -0.1) is 11.8 Å². The molecule has 138 valence electrons. The molecule has 3 N–H and O–H groups in total. The minimum atomic E-state index is 0.549. The first kappa shape index (κ1) is 20.2. The molecule has 0 bridgehead atoms. The Labute approximate surface area is 163 Å². The first-order chi connectivity index (χ1) is 12.2. The maximum absolute atomic E-state index is 5.70. The number of nitrogens with zero attached hydrogens (tertiary/aromatic N) is 4. The van der Waals surface area contributed by atoms with Crippen molar-refractivity contribution in [3.05, 3.63) is 21.3 Å². The fourth-order valence-corrected chi connectivity index (χ4v) is 3.62. The molecule has 2 aliphatic rings. The molecule has 0 aromatic heterocycles. The minimum absolute atomic E-state index is 0.549. The molecule has 2 rings (SSSR count). The molecule has 25 heavy (non-hydrogen) atoms. The zero-order valence-electron chi connectivity index (χ0n) is 14.7. The van der Waals surface area contributed by atoms with E-state index in [9.17, 15) is 0 Å². The van der Waals surface area contributed by atoms with Gasteiger partial charge in [0.25, 0.3) is 0 Å². The van der Waals surface area contributed by atoms with Crippen molar-refractivity contribution in [3.8, 4) is 0 Å². The summed E-state index contributed by atoms with van der Waals surface area (Å²) in [7, 11) is 0. The van der Waals surface area contributed by atoms with Crippen LogP contribution in [0.3, 0.4) is 0 Å². The molecule has 6 nitrogen and oxygen atoms in total. The third kappa shape index (κ3) is 7.75. The molecule has 2 heterocycles. The van der Waals surface area contributed by atoms with Gasteiger partial charge in [0, 0.05) is 35.4 Å². The van der Waals surface area contributed by atoms with Gasteiger partial charge in [-0.25, -0.2) is 9.98 Å². The van der Waals surface area contributed by atoms with Gasteiger partial charge in [-0.3, -0.25) is 4.99 Å². The summed E-state index contributed by atoms with van der Waals surface area (Å²) in [5.41, 5.74) is 6.41. The highest BCUT2D eigenvalue weighted by Crippen LogP contribution is 2.23. The number of likely N-dealkylation sites (tertiary alicyclic amines) is 1. The third-order valence-electron chi connectivity index (χ3n) is 3.96. The Bertz CT molecular complexity index is 576. The number of thioether (sulfide) groups is 1. The van der Waals surface area contributed by atoms with Gasteiger partial charge in [-0.2, -0.15) is 0 Å². The quantitative estimate of drug-likeness (QED) is 0.505. The number of allylic oxidation sites excluding steroid dienone is 2. The standard InChI is InChI=1S/C17H27BrN6S/c1-14-16(18)13-22-17(21-6-10-25-14)23-15(11-19)12-20-5-4-9-24-7-2-3-8-24/h6,11-12H,2-5,7-10,13,19H2,1H3,(H,22,23)/b15-11?,16-14+,20-12?,21-6?. The van der Waals surface area contributed by atoms with Crippen molar-refractivity contribution in [2.45, 2.75) is 26.2 Å². The summed E-state index contributed by atoms with van der Waals surface area (Å²) in [6.07, 6.45) is 8.85. The zero-order chi connectivity index (χ0) is 17.9. The Morgan fingerprint density at radius 1 is 1.48 bits per heavy atom. The second-order valence-electron chi connectivity index (χ2n) is 5.91. The number of nitrogens with two attached hydrogens (primary N) is 1. The fourth-order valence-electron chi connectivity index (χ4n) is 2.53. The fraction of sp³-hybridized carbons (Fsp3) is 0.588. The van der Waals surface area contributed by atoms with Crippen molar-refractivity contribution < 1.29 is 0 Å². The molecular formula is C17H27BrN6S. The van der Waals surface area contributed by atoms with E-state index in [4.69, 9.17) is 5.73 Å². The highest BCUT2D eigenvalue weighted by atomic mass is 79.9. The van der Waals surface area contributed by atoms with Crippen LogP contribution in [-0.4, -0.2) is 61.8 Å². The molecule has 0 aromatic rings. The van der Waals surface area contributed by atoms with Crippen LogP contribution in [0.4, 0.5) is 0 Å². The predicted octanol–water partition coefficient (Wildman–Crippen LogP) is 2.73. The third-order valence-corrected chi connectivity index (χ3v) is 6.07. The first-order valence-electron chi connectivity index (χ1n) is 8.65. The van der Waals surface area contributed by atoms with E-state index in [1.165, 1.54) is 37.0 Å². The number of halogens is 1. The van der Waals surface area contributed by atoms with Crippen LogP contribution in [0, 0.1) is 0 Å². The summed E-state index contributed by atoms with van der Waals surface area (Å²) in [4.78, 5) is 17.1. The topological polar surface area (TPSA) is 78.4 Å². The molecule has 1 saturated heterocycles. The van der Waals surface area contributed by atoms with E-state index >= 15 is 0 Å². The van der Waals surface area contributed by atoms with Gasteiger partial charge in [-0.05, 0) is 50.7 Å². The number of nitrogens with one attached hydrogen (secondary N) is 1. The molecule has 0 spiro atoms. The molecular weight excluding hydrogens is 400 g/mol. The van der Waals surface area contributed by atoms with Gasteiger partial charge >= 0.3 is 0 Å². The van der Waals surface area contributed by atoms with Gasteiger partial charge < -0.3 is 16.0 Å². The summed E-state index contributed by atoms with van der Waals surface area (Å²) >= 11 is 5.31. The summed E-state index contributed by atoms with van der Waals surface area (Å²) in [6.45, 7) is 7.04. The Hall–Kier alpha value is -1.12. The molecule has 2 aliphatic heterocycles. The van der Waals surface area contributed by atoms with Crippen LogP contribution in [0.5, 0.6) is 0 Å². The second-order valence-corrected chi connectivity index (χ2v) is 8.10. The molecule has 8 heteroatoms. The number of guanidine groups is 1. The molecule has 0 amide bonds. The summed E-state index contributed by atoms with van der Waals surface area (Å²) in [5.74, 6) is 1.36. The van der Waals surface area contributed by atoms with E-state index in [1.807, 2.05) is 6.21 Å². The van der Waals surface area contributed by atoms with Crippen LogP contribution < -0.4 is 11.1 Å². The average Bonchev–Trinajstić information content (AvgIpc) is 3.15. The largest absolute Gasteiger partial charge is 0.403 e. The summed E-state index contributed by atoms with van der Waals surface area (Å²) < 4.78 is 1.08. The molecule has 0 aliphatic carbocycles. The molecule has 0 aromatic carbocycles. The van der Waals surface area contributed by atoms with Crippen LogP contribution in [0.25, 0.3) is 0 Å². The van der Waals surface area contributed by atoms with Gasteiger partial charge in [0.1, 0.15) is 0 Å². The lowest BCUT2D eigenvalue weighted by molar-refractivity contribution is 0.336. The average molecular weight is 427 g/mol. The lowest BCUT2D eigenvalue weighted by Crippen LogP contribution is -2.24. The Morgan fingerprint density at radius 3 is 3.04 bits per heavy atom. The lowest BCUT2D eigenvalue weighted by atomic mass is 10.4. The first-order valence-corrected chi connectivity index (χ1v) is 10.4. The van der Waals surface area contributed by atoms with E-state index in [1.54, 1.807) is 18.0 Å². The smallest absolute Gasteiger partial charge is 0.222 e. The van der Waals surface area contributed by atoms with Gasteiger partial charge in [0.2, 0.25) is 5.96 Å². The lowest BCUT2D eigenvalue weighted by Gasteiger charge is -2.12. The Balaban J connectivity index is 1.81. The summed E-state index contributed by atoms with van der Waals surface area (Å²) in [5, 5.41) is 3.14. The number of hydrogen-bond donors (Lipinski definition) is 2. The second kappa shape index (κ2) is 11.5. The van der Waals surface area contributed by atoms with Crippen LogP contribution >= 0.6 is 27.7 Å². The van der Waals surface area contributed by atoms with Gasteiger partial charge in [0.05, 0.1) is 12.2 Å². The SMILES string of the molecule is C/C1=C(\Br)CN=C(NC(C=NCCCN2CCCC2)=CN)N=CCS1. The maximum Gasteiger partial charge on any atom is 0.222 e. The zero-order valence-corrected chi connectivity index (χ0v) is 17.2. The van der Waals surface area contributed by atoms with Crippen LogP contribution in [-0.2, 0) is 0 Å². The van der Waals surface area contributed by atoms with Crippen molar-refractivity contribution in [2.75, 3.05) is 38.5 Å². The van der Waals surface area contributed by atoms with Gasteiger partial charge in [-0.1, -0.05) is 15.9 Å². The summed E-state index contributed by atoms with van der Waals surface area (Å²) in [6, 6.07) is 0. The molecule has 0 atom stereocenters.